The highest BCUT2D eigenvalue weighted by molar-refractivity contribution is 5.98. The van der Waals surface area contributed by atoms with Gasteiger partial charge in [-0.25, -0.2) is 0 Å². The molecule has 4 nitrogen and oxygen atoms in total. The van der Waals surface area contributed by atoms with E-state index in [0.29, 0.717) is 12.0 Å². The van der Waals surface area contributed by atoms with E-state index in [4.69, 9.17) is 0 Å². The molecule has 0 aromatic carbocycles. The summed E-state index contributed by atoms with van der Waals surface area (Å²) in [6, 6.07) is 0.349. The Kier molecular flexibility index (Phi) is 1.68. The molecule has 2 saturated carbocycles. The smallest absolute Gasteiger partial charge is 0.249 e. The molecular formula is C11H16N2O2. The summed E-state index contributed by atoms with van der Waals surface area (Å²) < 4.78 is 0. The molecule has 4 heteroatoms. The maximum absolute atomic E-state index is 12.3. The lowest BCUT2D eigenvalue weighted by Crippen LogP contribution is -2.66. The van der Waals surface area contributed by atoms with Gasteiger partial charge in [0.15, 0.2) is 0 Å². The zero-order valence-corrected chi connectivity index (χ0v) is 8.95. The number of nitrogens with one attached hydrogen (secondary N) is 1. The van der Waals surface area contributed by atoms with Gasteiger partial charge in [-0.1, -0.05) is 0 Å². The Hall–Kier alpha value is -1.06. The molecule has 0 aromatic rings. The Bertz CT molecular complexity index is 333. The van der Waals surface area contributed by atoms with E-state index in [1.165, 1.54) is 0 Å². The minimum Gasteiger partial charge on any atom is -0.340 e. The molecule has 0 radical (unpaired) electrons. The van der Waals surface area contributed by atoms with Gasteiger partial charge in [0.2, 0.25) is 11.8 Å². The Morgan fingerprint density at radius 3 is 2.47 bits per heavy atom. The average molecular weight is 208 g/mol. The Labute approximate surface area is 89.0 Å². The number of nitrogens with zero attached hydrogens (tertiary/aromatic N) is 1. The standard InChI is InChI=1S/C11H16N2O2/c1-11(7-2-3-7)10(15)13(8-4-5-8)6-9(14)12-11/h7-8H,2-6H2,1H3,(H,12,14). The van der Waals surface area contributed by atoms with Crippen molar-refractivity contribution in [2.45, 2.75) is 44.2 Å². The summed E-state index contributed by atoms with van der Waals surface area (Å²) in [5.74, 6) is 0.526. The van der Waals surface area contributed by atoms with Gasteiger partial charge in [-0.2, -0.15) is 0 Å². The fourth-order valence-corrected chi connectivity index (χ4v) is 2.53. The summed E-state index contributed by atoms with van der Waals surface area (Å²) in [5, 5.41) is 2.89. The predicted octanol–water partition coefficient (Wildman–Crippen LogP) is 0.276. The first-order valence-electron chi connectivity index (χ1n) is 5.73. The van der Waals surface area contributed by atoms with Crippen molar-refractivity contribution in [3.63, 3.8) is 0 Å². The van der Waals surface area contributed by atoms with Gasteiger partial charge in [-0.3, -0.25) is 9.59 Å². The van der Waals surface area contributed by atoms with Gasteiger partial charge in [0.25, 0.3) is 0 Å². The molecule has 0 spiro atoms. The Balaban J connectivity index is 1.87. The number of hydrogen-bond acceptors (Lipinski definition) is 2. The lowest BCUT2D eigenvalue weighted by molar-refractivity contribution is -0.150. The van der Waals surface area contributed by atoms with Gasteiger partial charge in [0.1, 0.15) is 5.54 Å². The molecule has 3 rings (SSSR count). The molecule has 82 valence electrons. The fourth-order valence-electron chi connectivity index (χ4n) is 2.53. The second kappa shape index (κ2) is 2.74. The number of amides is 2. The van der Waals surface area contributed by atoms with Crippen LogP contribution in [-0.2, 0) is 9.59 Å². The van der Waals surface area contributed by atoms with Crippen molar-refractivity contribution in [3.8, 4) is 0 Å². The van der Waals surface area contributed by atoms with E-state index >= 15 is 0 Å². The molecule has 1 atom stereocenters. The minimum atomic E-state index is -0.599. The highest BCUT2D eigenvalue weighted by atomic mass is 16.2. The summed E-state index contributed by atoms with van der Waals surface area (Å²) in [6.45, 7) is 2.16. The molecule has 1 N–H and O–H groups in total. The highest BCUT2D eigenvalue weighted by Crippen LogP contribution is 2.43. The van der Waals surface area contributed by atoms with Crippen molar-refractivity contribution in [2.24, 2.45) is 5.92 Å². The average Bonchev–Trinajstić information content (AvgIpc) is 3.04. The largest absolute Gasteiger partial charge is 0.340 e. The van der Waals surface area contributed by atoms with Crippen molar-refractivity contribution in [2.75, 3.05) is 6.54 Å². The van der Waals surface area contributed by atoms with E-state index in [1.54, 1.807) is 4.90 Å². The monoisotopic (exact) mass is 208 g/mol. The number of rotatable bonds is 2. The van der Waals surface area contributed by atoms with Crippen LogP contribution in [0.4, 0.5) is 0 Å². The third-order valence-electron chi connectivity index (χ3n) is 3.80. The summed E-state index contributed by atoms with van der Waals surface area (Å²) in [5.41, 5.74) is -0.599. The van der Waals surface area contributed by atoms with Gasteiger partial charge in [-0.15, -0.1) is 0 Å². The molecule has 3 aliphatic rings. The lowest BCUT2D eigenvalue weighted by Gasteiger charge is -2.40. The van der Waals surface area contributed by atoms with Crippen LogP contribution in [0.5, 0.6) is 0 Å². The van der Waals surface area contributed by atoms with Crippen LogP contribution in [0.3, 0.4) is 0 Å². The maximum atomic E-state index is 12.3. The van der Waals surface area contributed by atoms with Crippen LogP contribution in [0.15, 0.2) is 0 Å². The lowest BCUT2D eigenvalue weighted by atomic mass is 9.91. The zero-order valence-electron chi connectivity index (χ0n) is 8.95. The van der Waals surface area contributed by atoms with Gasteiger partial charge in [0, 0.05) is 6.04 Å². The molecule has 1 aliphatic heterocycles. The first kappa shape index (κ1) is 9.19. The van der Waals surface area contributed by atoms with Crippen molar-refractivity contribution in [1.82, 2.24) is 10.2 Å². The van der Waals surface area contributed by atoms with Crippen LogP contribution in [-0.4, -0.2) is 34.8 Å². The van der Waals surface area contributed by atoms with E-state index in [1.807, 2.05) is 6.92 Å². The van der Waals surface area contributed by atoms with Crippen molar-refractivity contribution < 1.29 is 9.59 Å². The molecule has 15 heavy (non-hydrogen) atoms. The van der Waals surface area contributed by atoms with Crippen LogP contribution in [0.2, 0.25) is 0 Å². The number of carbonyl (C=O) groups is 2. The van der Waals surface area contributed by atoms with E-state index in [0.717, 1.165) is 25.7 Å². The summed E-state index contributed by atoms with van der Waals surface area (Å²) in [6.07, 6.45) is 4.28. The van der Waals surface area contributed by atoms with Crippen molar-refractivity contribution in [3.05, 3.63) is 0 Å². The quantitative estimate of drug-likeness (QED) is 0.708. The zero-order chi connectivity index (χ0) is 10.6. The van der Waals surface area contributed by atoms with Crippen LogP contribution in [0.25, 0.3) is 0 Å². The molecule has 2 amide bonds. The fraction of sp³-hybridized carbons (Fsp3) is 0.818. The van der Waals surface area contributed by atoms with Crippen molar-refractivity contribution >= 4 is 11.8 Å². The van der Waals surface area contributed by atoms with Crippen molar-refractivity contribution in [1.29, 1.82) is 0 Å². The number of carbonyl (C=O) groups excluding carboxylic acids is 2. The second-order valence-electron chi connectivity index (χ2n) is 5.19. The van der Waals surface area contributed by atoms with E-state index in [2.05, 4.69) is 5.32 Å². The Morgan fingerprint density at radius 2 is 1.93 bits per heavy atom. The topological polar surface area (TPSA) is 49.4 Å². The third kappa shape index (κ3) is 1.34. The number of piperazine rings is 1. The van der Waals surface area contributed by atoms with E-state index in [-0.39, 0.29) is 18.4 Å². The van der Waals surface area contributed by atoms with Gasteiger partial charge < -0.3 is 10.2 Å². The minimum absolute atomic E-state index is 0.0101. The predicted molar refractivity (Wildman–Crippen MR) is 54.0 cm³/mol. The molecular weight excluding hydrogens is 192 g/mol. The third-order valence-corrected chi connectivity index (χ3v) is 3.80. The van der Waals surface area contributed by atoms with Crippen LogP contribution < -0.4 is 5.32 Å². The van der Waals surface area contributed by atoms with E-state index < -0.39 is 5.54 Å². The van der Waals surface area contributed by atoms with Crippen LogP contribution in [0, 0.1) is 5.92 Å². The normalized spacial score (nSPS) is 36.7. The first-order chi connectivity index (χ1) is 7.11. The molecule has 1 unspecified atom stereocenters. The second-order valence-corrected chi connectivity index (χ2v) is 5.19. The Morgan fingerprint density at radius 1 is 1.27 bits per heavy atom. The maximum Gasteiger partial charge on any atom is 0.249 e. The molecule has 1 heterocycles. The van der Waals surface area contributed by atoms with Gasteiger partial charge in [-0.05, 0) is 38.5 Å². The highest BCUT2D eigenvalue weighted by Gasteiger charge is 2.54. The SMILES string of the molecule is CC1(C2CC2)NC(=O)CN(C2CC2)C1=O. The summed E-state index contributed by atoms with van der Waals surface area (Å²) >= 11 is 0. The van der Waals surface area contributed by atoms with Gasteiger partial charge >= 0.3 is 0 Å². The molecule has 3 fully saturated rings. The molecule has 0 aromatic heterocycles. The van der Waals surface area contributed by atoms with Crippen LogP contribution >= 0.6 is 0 Å². The van der Waals surface area contributed by atoms with Gasteiger partial charge in [0.05, 0.1) is 6.54 Å². The summed E-state index contributed by atoms with van der Waals surface area (Å²) in [7, 11) is 0. The molecule has 0 bridgehead atoms. The number of hydrogen-bond donors (Lipinski definition) is 1. The first-order valence-corrected chi connectivity index (χ1v) is 5.73. The molecule has 2 aliphatic carbocycles. The van der Waals surface area contributed by atoms with E-state index in [9.17, 15) is 9.59 Å². The van der Waals surface area contributed by atoms with Crippen LogP contribution in [0.1, 0.15) is 32.6 Å². The summed E-state index contributed by atoms with van der Waals surface area (Å²) in [4.78, 5) is 25.6. The molecule has 1 saturated heterocycles.